The van der Waals surface area contributed by atoms with Crippen molar-refractivity contribution in [1.29, 1.82) is 0 Å². The first-order chi connectivity index (χ1) is 6.49. The Labute approximate surface area is 81.2 Å². The lowest BCUT2D eigenvalue weighted by molar-refractivity contribution is -0.144. The fourth-order valence-electron chi connectivity index (χ4n) is 1.70. The normalized spacial score (nSPS) is 30.9. The van der Waals surface area contributed by atoms with Gasteiger partial charge in [-0.2, -0.15) is 0 Å². The molecule has 0 aromatic heterocycles. The van der Waals surface area contributed by atoms with Crippen molar-refractivity contribution in [2.24, 2.45) is 0 Å². The Hall–Kier alpha value is -1.11. The first-order valence-corrected chi connectivity index (χ1v) is 6.09. The van der Waals surface area contributed by atoms with Crippen molar-refractivity contribution in [3.63, 3.8) is 0 Å². The minimum atomic E-state index is -3.16. The van der Waals surface area contributed by atoms with Crippen molar-refractivity contribution in [3.8, 4) is 0 Å². The molecule has 0 bridgehead atoms. The van der Waals surface area contributed by atoms with Crippen LogP contribution in [0, 0.1) is 0 Å². The summed E-state index contributed by atoms with van der Waals surface area (Å²) in [7, 11) is -3.16. The van der Waals surface area contributed by atoms with Crippen LogP contribution in [0.1, 0.15) is 0 Å². The fourth-order valence-corrected chi connectivity index (χ4v) is 3.16. The van der Waals surface area contributed by atoms with Crippen LogP contribution in [-0.2, 0) is 19.4 Å². The van der Waals surface area contributed by atoms with E-state index in [-0.39, 0.29) is 36.4 Å². The van der Waals surface area contributed by atoms with Gasteiger partial charge in [-0.15, -0.1) is 0 Å². The number of amides is 2. The standard InChI is InChI=1S/C7H10N2O4S/c10-6-3-8-7(11)5-4-14(12,13)2-1-9(5)6/h5H,1-4H2,(H,8,11)/t5-/m1/s1. The number of sulfone groups is 1. The lowest BCUT2D eigenvalue weighted by Gasteiger charge is -2.37. The molecule has 0 aromatic carbocycles. The van der Waals surface area contributed by atoms with Crippen molar-refractivity contribution < 1.29 is 18.0 Å². The summed E-state index contributed by atoms with van der Waals surface area (Å²) >= 11 is 0. The highest BCUT2D eigenvalue weighted by atomic mass is 32.2. The summed E-state index contributed by atoms with van der Waals surface area (Å²) in [5.41, 5.74) is 0. The average molecular weight is 218 g/mol. The first-order valence-electron chi connectivity index (χ1n) is 4.27. The van der Waals surface area contributed by atoms with Gasteiger partial charge in [-0.3, -0.25) is 9.59 Å². The second kappa shape index (κ2) is 2.94. The highest BCUT2D eigenvalue weighted by Crippen LogP contribution is 2.14. The molecule has 2 saturated heterocycles. The third kappa shape index (κ3) is 1.47. The molecule has 2 heterocycles. The van der Waals surface area contributed by atoms with Crippen molar-refractivity contribution in [1.82, 2.24) is 10.2 Å². The molecule has 0 saturated carbocycles. The molecule has 0 spiro atoms. The van der Waals surface area contributed by atoms with Crippen molar-refractivity contribution in [2.45, 2.75) is 6.04 Å². The molecular formula is C7H10N2O4S. The highest BCUT2D eigenvalue weighted by molar-refractivity contribution is 7.91. The summed E-state index contributed by atoms with van der Waals surface area (Å²) in [4.78, 5) is 23.9. The summed E-state index contributed by atoms with van der Waals surface area (Å²) in [6.45, 7) is 0.120. The molecule has 7 heteroatoms. The van der Waals surface area contributed by atoms with Gasteiger partial charge in [-0.25, -0.2) is 8.42 Å². The first kappa shape index (κ1) is 9.45. The van der Waals surface area contributed by atoms with Crippen molar-refractivity contribution in [3.05, 3.63) is 0 Å². The molecule has 2 aliphatic rings. The topological polar surface area (TPSA) is 83.6 Å². The van der Waals surface area contributed by atoms with Gasteiger partial charge in [-0.1, -0.05) is 0 Å². The molecule has 6 nitrogen and oxygen atoms in total. The molecule has 0 aliphatic carbocycles. The molecule has 0 radical (unpaired) electrons. The van der Waals surface area contributed by atoms with Gasteiger partial charge in [0.25, 0.3) is 0 Å². The number of piperazine rings is 1. The smallest absolute Gasteiger partial charge is 0.244 e. The maximum absolute atomic E-state index is 11.3. The molecule has 14 heavy (non-hydrogen) atoms. The van der Waals surface area contributed by atoms with Crippen LogP contribution in [0.2, 0.25) is 0 Å². The van der Waals surface area contributed by atoms with Crippen LogP contribution in [0.3, 0.4) is 0 Å². The molecule has 2 rings (SSSR count). The largest absolute Gasteiger partial charge is 0.345 e. The fraction of sp³-hybridized carbons (Fsp3) is 0.714. The number of hydrogen-bond acceptors (Lipinski definition) is 4. The van der Waals surface area contributed by atoms with Gasteiger partial charge in [0, 0.05) is 6.54 Å². The maximum Gasteiger partial charge on any atom is 0.244 e. The highest BCUT2D eigenvalue weighted by Gasteiger charge is 2.41. The van der Waals surface area contributed by atoms with Crippen molar-refractivity contribution in [2.75, 3.05) is 24.6 Å². The van der Waals surface area contributed by atoms with Crippen LogP contribution in [0.4, 0.5) is 0 Å². The summed E-state index contributed by atoms with van der Waals surface area (Å²) in [5.74, 6) is -0.857. The van der Waals surface area contributed by atoms with Gasteiger partial charge >= 0.3 is 0 Å². The van der Waals surface area contributed by atoms with E-state index in [1.54, 1.807) is 0 Å². The number of carbonyl (C=O) groups is 2. The molecular weight excluding hydrogens is 208 g/mol. The van der Waals surface area contributed by atoms with Crippen LogP contribution in [0.15, 0.2) is 0 Å². The lowest BCUT2D eigenvalue weighted by atomic mass is 10.2. The molecule has 1 N–H and O–H groups in total. The summed E-state index contributed by atoms with van der Waals surface area (Å²) in [6.07, 6.45) is 0. The van der Waals surface area contributed by atoms with Gasteiger partial charge < -0.3 is 10.2 Å². The van der Waals surface area contributed by atoms with E-state index in [1.807, 2.05) is 0 Å². The summed E-state index contributed by atoms with van der Waals surface area (Å²) < 4.78 is 22.5. The minimum absolute atomic E-state index is 0.0185. The van der Waals surface area contributed by atoms with E-state index in [4.69, 9.17) is 0 Å². The van der Waals surface area contributed by atoms with E-state index in [0.717, 1.165) is 0 Å². The third-order valence-electron chi connectivity index (χ3n) is 2.47. The SMILES string of the molecule is O=C1NCC(=O)N2CCS(=O)(=O)C[C@H]12. The van der Waals surface area contributed by atoms with Gasteiger partial charge in [-0.05, 0) is 0 Å². The van der Waals surface area contributed by atoms with Crippen LogP contribution in [0.5, 0.6) is 0 Å². The van der Waals surface area contributed by atoms with Crippen LogP contribution >= 0.6 is 0 Å². The Morgan fingerprint density at radius 1 is 1.36 bits per heavy atom. The van der Waals surface area contributed by atoms with Gasteiger partial charge in [0.05, 0.1) is 18.1 Å². The summed E-state index contributed by atoms with van der Waals surface area (Å²) in [6, 6.07) is -0.810. The monoisotopic (exact) mass is 218 g/mol. The molecule has 0 aromatic rings. The van der Waals surface area contributed by atoms with E-state index >= 15 is 0 Å². The number of fused-ring (bicyclic) bond motifs is 1. The minimum Gasteiger partial charge on any atom is -0.345 e. The third-order valence-corrected chi connectivity index (χ3v) is 4.10. The Bertz CT molecular complexity index is 388. The molecule has 2 fully saturated rings. The van der Waals surface area contributed by atoms with E-state index in [9.17, 15) is 18.0 Å². The second-order valence-electron chi connectivity index (χ2n) is 3.44. The molecule has 0 unspecified atom stereocenters. The number of nitrogens with zero attached hydrogens (tertiary/aromatic N) is 1. The van der Waals surface area contributed by atoms with Crippen LogP contribution < -0.4 is 5.32 Å². The van der Waals surface area contributed by atoms with Gasteiger partial charge in [0.1, 0.15) is 6.04 Å². The van der Waals surface area contributed by atoms with Gasteiger partial charge in [0.15, 0.2) is 9.84 Å². The summed E-state index contributed by atoms with van der Waals surface area (Å²) in [5, 5.41) is 2.37. The van der Waals surface area contributed by atoms with E-state index in [1.165, 1.54) is 4.90 Å². The van der Waals surface area contributed by atoms with E-state index < -0.39 is 15.9 Å². The molecule has 2 aliphatic heterocycles. The Morgan fingerprint density at radius 2 is 2.07 bits per heavy atom. The predicted molar refractivity (Wildman–Crippen MR) is 47.2 cm³/mol. The number of hydrogen-bond donors (Lipinski definition) is 1. The quantitative estimate of drug-likeness (QED) is 0.497. The Morgan fingerprint density at radius 3 is 2.79 bits per heavy atom. The Kier molecular flexibility index (Phi) is 1.99. The van der Waals surface area contributed by atoms with E-state index in [0.29, 0.717) is 0 Å². The lowest BCUT2D eigenvalue weighted by Crippen LogP contribution is -2.63. The zero-order valence-electron chi connectivity index (χ0n) is 7.39. The average Bonchev–Trinajstić information content (AvgIpc) is 2.10. The molecule has 78 valence electrons. The zero-order chi connectivity index (χ0) is 10.3. The molecule has 2 amide bonds. The Balaban J connectivity index is 2.27. The zero-order valence-corrected chi connectivity index (χ0v) is 8.21. The molecule has 1 atom stereocenters. The number of rotatable bonds is 0. The van der Waals surface area contributed by atoms with Crippen LogP contribution in [0.25, 0.3) is 0 Å². The number of carbonyl (C=O) groups excluding carboxylic acids is 2. The van der Waals surface area contributed by atoms with Crippen molar-refractivity contribution >= 4 is 21.7 Å². The van der Waals surface area contributed by atoms with Crippen LogP contribution in [-0.4, -0.2) is 55.8 Å². The maximum atomic E-state index is 11.3. The van der Waals surface area contributed by atoms with E-state index in [2.05, 4.69) is 5.32 Å². The predicted octanol–water partition coefficient (Wildman–Crippen LogP) is -2.26. The van der Waals surface area contributed by atoms with Gasteiger partial charge in [0.2, 0.25) is 11.8 Å². The number of nitrogens with one attached hydrogen (secondary N) is 1. The second-order valence-corrected chi connectivity index (χ2v) is 5.66.